The lowest BCUT2D eigenvalue weighted by Gasteiger charge is -2.09. The first-order valence-electron chi connectivity index (χ1n) is 3.50. The number of carbonyl (C=O) groups excluding carboxylic acids is 1. The summed E-state index contributed by atoms with van der Waals surface area (Å²) < 4.78 is 39.0. The van der Waals surface area contributed by atoms with Gasteiger partial charge in [0.1, 0.15) is 0 Å². The lowest BCUT2D eigenvalue weighted by Crippen LogP contribution is -2.18. The Labute approximate surface area is 86.8 Å². The van der Waals surface area contributed by atoms with Crippen LogP contribution in [0.2, 0.25) is 5.15 Å². The van der Waals surface area contributed by atoms with Crippen LogP contribution in [0.3, 0.4) is 0 Å². The van der Waals surface area contributed by atoms with Gasteiger partial charge in [-0.05, 0) is 6.07 Å². The maximum Gasteiger partial charge on any atom is 0.573 e. The Bertz CT molecular complexity index is 394. The molecule has 15 heavy (non-hydrogen) atoms. The number of ether oxygens (including phenoxy) is 1. The number of alkyl halides is 3. The molecule has 0 bridgehead atoms. The van der Waals surface area contributed by atoms with E-state index in [1.54, 1.807) is 0 Å². The first-order valence-corrected chi connectivity index (χ1v) is 3.88. The van der Waals surface area contributed by atoms with Crippen LogP contribution in [-0.4, -0.2) is 17.3 Å². The second-order valence-electron chi connectivity index (χ2n) is 2.42. The smallest absolute Gasteiger partial charge is 0.402 e. The quantitative estimate of drug-likeness (QED) is 0.801. The largest absolute Gasteiger partial charge is 0.573 e. The fraction of sp³-hybridized carbons (Fsp3) is 0.143. The fourth-order valence-corrected chi connectivity index (χ4v) is 0.901. The van der Waals surface area contributed by atoms with Crippen molar-refractivity contribution >= 4 is 17.5 Å². The summed E-state index contributed by atoms with van der Waals surface area (Å²) in [6.45, 7) is 0. The molecule has 0 unspecified atom stereocenters. The van der Waals surface area contributed by atoms with E-state index in [9.17, 15) is 18.0 Å². The number of aromatic nitrogens is 1. The van der Waals surface area contributed by atoms with Gasteiger partial charge in [-0.25, -0.2) is 4.98 Å². The minimum absolute atomic E-state index is 0.223. The van der Waals surface area contributed by atoms with Crippen molar-refractivity contribution < 1.29 is 22.7 Å². The zero-order valence-corrected chi connectivity index (χ0v) is 7.76. The van der Waals surface area contributed by atoms with Crippen molar-refractivity contribution in [3.8, 4) is 5.75 Å². The zero-order valence-electron chi connectivity index (χ0n) is 7.01. The molecule has 0 aliphatic carbocycles. The van der Waals surface area contributed by atoms with Gasteiger partial charge in [0.2, 0.25) is 5.91 Å². The third-order valence-corrected chi connectivity index (χ3v) is 1.60. The standard InChI is InChI=1S/C7H4ClF3N2O2/c8-5-4(15-7(9,10)11)1-3(2-13-5)6(12)14/h1-2H,(H2,12,14). The zero-order chi connectivity index (χ0) is 11.6. The van der Waals surface area contributed by atoms with Gasteiger partial charge in [0.25, 0.3) is 0 Å². The molecule has 0 aliphatic heterocycles. The normalized spacial score (nSPS) is 11.2. The van der Waals surface area contributed by atoms with Crippen LogP contribution in [0.5, 0.6) is 5.75 Å². The number of pyridine rings is 1. The Morgan fingerprint density at radius 2 is 2.13 bits per heavy atom. The molecule has 0 fully saturated rings. The Morgan fingerprint density at radius 3 is 2.60 bits per heavy atom. The Balaban J connectivity index is 3.06. The molecule has 0 aliphatic rings. The molecule has 1 amide bonds. The molecule has 1 heterocycles. The lowest BCUT2D eigenvalue weighted by atomic mass is 10.3. The molecule has 4 nitrogen and oxygen atoms in total. The topological polar surface area (TPSA) is 65.2 Å². The molecule has 82 valence electrons. The monoisotopic (exact) mass is 240 g/mol. The number of nitrogens with zero attached hydrogens (tertiary/aromatic N) is 1. The maximum atomic E-state index is 11.8. The summed E-state index contributed by atoms with van der Waals surface area (Å²) in [5, 5.41) is -0.502. The van der Waals surface area contributed by atoms with Crippen molar-refractivity contribution in [1.82, 2.24) is 4.98 Å². The van der Waals surface area contributed by atoms with Crippen molar-refractivity contribution in [3.63, 3.8) is 0 Å². The van der Waals surface area contributed by atoms with Gasteiger partial charge < -0.3 is 10.5 Å². The Morgan fingerprint density at radius 1 is 1.53 bits per heavy atom. The van der Waals surface area contributed by atoms with Gasteiger partial charge in [-0.3, -0.25) is 4.79 Å². The highest BCUT2D eigenvalue weighted by Crippen LogP contribution is 2.28. The van der Waals surface area contributed by atoms with Crippen LogP contribution in [0.15, 0.2) is 12.3 Å². The average Bonchev–Trinajstić information content (AvgIpc) is 2.06. The fourth-order valence-electron chi connectivity index (χ4n) is 0.759. The van der Waals surface area contributed by atoms with E-state index in [0.29, 0.717) is 0 Å². The SMILES string of the molecule is NC(=O)c1cnc(Cl)c(OC(F)(F)F)c1. The van der Waals surface area contributed by atoms with E-state index in [0.717, 1.165) is 12.3 Å². The van der Waals surface area contributed by atoms with Crippen LogP contribution < -0.4 is 10.5 Å². The summed E-state index contributed by atoms with van der Waals surface area (Å²) in [5.41, 5.74) is 4.61. The highest BCUT2D eigenvalue weighted by molar-refractivity contribution is 6.30. The molecule has 0 saturated heterocycles. The summed E-state index contributed by atoms with van der Waals surface area (Å²) in [4.78, 5) is 14.0. The average molecular weight is 241 g/mol. The van der Waals surface area contributed by atoms with Crippen molar-refractivity contribution in [3.05, 3.63) is 23.0 Å². The van der Waals surface area contributed by atoms with E-state index in [1.165, 1.54) is 0 Å². The first kappa shape index (κ1) is 11.6. The lowest BCUT2D eigenvalue weighted by molar-refractivity contribution is -0.274. The molecule has 1 rings (SSSR count). The van der Waals surface area contributed by atoms with Gasteiger partial charge in [0, 0.05) is 6.20 Å². The Kier molecular flexibility index (Phi) is 3.04. The Hall–Kier alpha value is -1.50. The van der Waals surface area contributed by atoms with Gasteiger partial charge in [0.15, 0.2) is 10.9 Å². The molecule has 0 saturated carbocycles. The third kappa shape index (κ3) is 3.28. The molecule has 8 heteroatoms. The number of hydrogen-bond donors (Lipinski definition) is 1. The van der Waals surface area contributed by atoms with E-state index in [-0.39, 0.29) is 5.56 Å². The predicted molar refractivity (Wildman–Crippen MR) is 44.4 cm³/mol. The van der Waals surface area contributed by atoms with E-state index in [4.69, 9.17) is 17.3 Å². The summed E-state index contributed by atoms with van der Waals surface area (Å²) >= 11 is 5.32. The van der Waals surface area contributed by atoms with Gasteiger partial charge >= 0.3 is 6.36 Å². The number of hydrogen-bond acceptors (Lipinski definition) is 3. The maximum absolute atomic E-state index is 11.8. The van der Waals surface area contributed by atoms with Crippen LogP contribution in [0.25, 0.3) is 0 Å². The van der Waals surface area contributed by atoms with Gasteiger partial charge in [-0.15, -0.1) is 13.2 Å². The number of rotatable bonds is 2. The summed E-state index contributed by atoms with van der Waals surface area (Å²) in [6, 6.07) is 0.769. The number of primary amides is 1. The van der Waals surface area contributed by atoms with Crippen LogP contribution in [0, 0.1) is 0 Å². The van der Waals surface area contributed by atoms with Crippen LogP contribution >= 0.6 is 11.6 Å². The predicted octanol–water partition coefficient (Wildman–Crippen LogP) is 1.73. The van der Waals surface area contributed by atoms with Crippen molar-refractivity contribution in [2.75, 3.05) is 0 Å². The molecule has 0 aromatic carbocycles. The summed E-state index contributed by atoms with van der Waals surface area (Å²) in [5.74, 6) is -1.69. The second kappa shape index (κ2) is 3.93. The number of nitrogens with two attached hydrogens (primary N) is 1. The third-order valence-electron chi connectivity index (χ3n) is 1.32. The molecule has 1 aromatic rings. The van der Waals surface area contributed by atoms with E-state index in [2.05, 4.69) is 9.72 Å². The minimum Gasteiger partial charge on any atom is -0.402 e. The van der Waals surface area contributed by atoms with E-state index >= 15 is 0 Å². The number of carbonyl (C=O) groups is 1. The molecular weight excluding hydrogens is 237 g/mol. The van der Waals surface area contributed by atoms with Crippen molar-refractivity contribution in [2.45, 2.75) is 6.36 Å². The van der Waals surface area contributed by atoms with Crippen molar-refractivity contribution in [2.24, 2.45) is 5.73 Å². The molecule has 0 spiro atoms. The number of amides is 1. The second-order valence-corrected chi connectivity index (χ2v) is 2.78. The molecule has 0 radical (unpaired) electrons. The van der Waals surface area contributed by atoms with Gasteiger partial charge in [0.05, 0.1) is 5.56 Å². The molecule has 0 atom stereocenters. The van der Waals surface area contributed by atoms with Gasteiger partial charge in [-0.1, -0.05) is 11.6 Å². The van der Waals surface area contributed by atoms with Gasteiger partial charge in [-0.2, -0.15) is 0 Å². The van der Waals surface area contributed by atoms with Crippen LogP contribution in [-0.2, 0) is 0 Å². The summed E-state index contributed by atoms with van der Waals surface area (Å²) in [6.07, 6.45) is -3.95. The molecule has 2 N–H and O–H groups in total. The van der Waals surface area contributed by atoms with E-state index in [1.807, 2.05) is 0 Å². The number of halogens is 4. The van der Waals surface area contributed by atoms with E-state index < -0.39 is 23.2 Å². The summed E-state index contributed by atoms with van der Waals surface area (Å²) in [7, 11) is 0. The van der Waals surface area contributed by atoms with Crippen molar-refractivity contribution in [1.29, 1.82) is 0 Å². The van der Waals surface area contributed by atoms with Crippen LogP contribution in [0.1, 0.15) is 10.4 Å². The molecular formula is C7H4ClF3N2O2. The minimum atomic E-state index is -4.90. The highest BCUT2D eigenvalue weighted by atomic mass is 35.5. The highest BCUT2D eigenvalue weighted by Gasteiger charge is 2.32. The first-order chi connectivity index (χ1) is 6.79. The van der Waals surface area contributed by atoms with Crippen LogP contribution in [0.4, 0.5) is 13.2 Å². The molecule has 1 aromatic heterocycles.